The first-order valence-corrected chi connectivity index (χ1v) is 8.52. The molecule has 0 spiro atoms. The highest BCUT2D eigenvalue weighted by Crippen LogP contribution is 2.37. The molecular weight excluding hydrogens is 312 g/mol. The Morgan fingerprint density at radius 1 is 1.20 bits per heavy atom. The summed E-state index contributed by atoms with van der Waals surface area (Å²) in [5.74, 6) is 0.522. The van der Waals surface area contributed by atoms with E-state index in [0.29, 0.717) is 6.61 Å². The summed E-state index contributed by atoms with van der Waals surface area (Å²) in [6, 6.07) is 14.2. The number of fused-ring (bicyclic) bond motifs is 2. The van der Waals surface area contributed by atoms with E-state index in [-0.39, 0.29) is 12.3 Å². The summed E-state index contributed by atoms with van der Waals surface area (Å²) >= 11 is 0. The molecule has 25 heavy (non-hydrogen) atoms. The molecule has 1 amide bonds. The van der Waals surface area contributed by atoms with E-state index in [1.165, 1.54) is 11.1 Å². The Hall–Kier alpha value is -2.59. The molecular formula is C21H24N2O2. The van der Waals surface area contributed by atoms with Gasteiger partial charge in [-0.05, 0) is 54.9 Å². The highest BCUT2D eigenvalue weighted by Gasteiger charge is 2.19. The Morgan fingerprint density at radius 3 is 2.76 bits per heavy atom. The normalized spacial score (nSPS) is 14.6. The van der Waals surface area contributed by atoms with Crippen LogP contribution in [0.2, 0.25) is 0 Å². The van der Waals surface area contributed by atoms with Crippen molar-refractivity contribution in [2.45, 2.75) is 19.4 Å². The number of ether oxygens (including phenoxy) is 1. The second-order valence-corrected chi connectivity index (χ2v) is 6.63. The summed E-state index contributed by atoms with van der Waals surface area (Å²) in [6.07, 6.45) is 3.44. The molecule has 0 unspecified atom stereocenters. The summed E-state index contributed by atoms with van der Waals surface area (Å²) < 4.78 is 6.03. The molecule has 0 aromatic heterocycles. The molecule has 0 saturated heterocycles. The van der Waals surface area contributed by atoms with E-state index in [9.17, 15) is 4.79 Å². The molecule has 1 heterocycles. The Balaban J connectivity index is 2.08. The van der Waals surface area contributed by atoms with E-state index in [1.807, 2.05) is 24.3 Å². The van der Waals surface area contributed by atoms with E-state index >= 15 is 0 Å². The van der Waals surface area contributed by atoms with E-state index in [0.717, 1.165) is 35.4 Å². The number of carbonyl (C=O) groups is 1. The van der Waals surface area contributed by atoms with Gasteiger partial charge in [-0.15, -0.1) is 0 Å². The van der Waals surface area contributed by atoms with Gasteiger partial charge < -0.3 is 15.4 Å². The molecule has 2 N–H and O–H groups in total. The Bertz CT molecular complexity index is 809. The molecule has 0 radical (unpaired) electrons. The van der Waals surface area contributed by atoms with Crippen molar-refractivity contribution in [3.8, 4) is 5.75 Å². The van der Waals surface area contributed by atoms with Crippen LogP contribution in [-0.4, -0.2) is 31.4 Å². The summed E-state index contributed by atoms with van der Waals surface area (Å²) in [5.41, 5.74) is 10.8. The van der Waals surface area contributed by atoms with Crippen molar-refractivity contribution in [1.82, 2.24) is 4.90 Å². The number of rotatable bonds is 5. The van der Waals surface area contributed by atoms with Gasteiger partial charge in [0.1, 0.15) is 12.4 Å². The van der Waals surface area contributed by atoms with Crippen molar-refractivity contribution in [2.75, 3.05) is 20.6 Å². The zero-order chi connectivity index (χ0) is 17.8. The number of hydrogen-bond acceptors (Lipinski definition) is 3. The lowest BCUT2D eigenvalue weighted by Crippen LogP contribution is -2.13. The number of benzene rings is 2. The van der Waals surface area contributed by atoms with Crippen LogP contribution in [0.4, 0.5) is 0 Å². The Labute approximate surface area is 148 Å². The van der Waals surface area contributed by atoms with Crippen LogP contribution in [0.5, 0.6) is 5.75 Å². The minimum atomic E-state index is -0.326. The Kier molecular flexibility index (Phi) is 5.19. The predicted molar refractivity (Wildman–Crippen MR) is 100 cm³/mol. The molecule has 0 saturated carbocycles. The van der Waals surface area contributed by atoms with Gasteiger partial charge in [-0.1, -0.05) is 36.4 Å². The summed E-state index contributed by atoms with van der Waals surface area (Å²) in [5, 5.41) is 0. The molecule has 1 aliphatic rings. The first-order valence-electron chi connectivity index (χ1n) is 8.52. The number of hydrogen-bond donors (Lipinski definition) is 1. The van der Waals surface area contributed by atoms with Crippen LogP contribution in [-0.2, 0) is 17.8 Å². The third kappa shape index (κ3) is 4.09. The van der Waals surface area contributed by atoms with Crippen LogP contribution >= 0.6 is 0 Å². The largest absolute Gasteiger partial charge is 0.488 e. The van der Waals surface area contributed by atoms with Gasteiger partial charge in [-0.3, -0.25) is 4.79 Å². The molecule has 3 rings (SSSR count). The number of carbonyl (C=O) groups excluding carboxylic acids is 1. The molecule has 0 atom stereocenters. The third-order valence-corrected chi connectivity index (χ3v) is 4.33. The standard InChI is InChI=1S/C21H24N2O2/c1-23(2)11-5-8-18-17-7-4-3-6-16(17)14-25-20-10-9-15(12-19(18)20)13-21(22)24/h3-4,6-10,12H,5,11,13-14H2,1-2H3,(H2,22,24)/b18-8+. The van der Waals surface area contributed by atoms with Crippen LogP contribution in [0.15, 0.2) is 48.5 Å². The van der Waals surface area contributed by atoms with Gasteiger partial charge in [0.15, 0.2) is 0 Å². The number of nitrogens with two attached hydrogens (primary N) is 1. The van der Waals surface area contributed by atoms with E-state index < -0.39 is 0 Å². The summed E-state index contributed by atoms with van der Waals surface area (Å²) in [4.78, 5) is 13.5. The monoisotopic (exact) mass is 336 g/mol. The molecule has 1 aliphatic heterocycles. The zero-order valence-electron chi connectivity index (χ0n) is 14.8. The van der Waals surface area contributed by atoms with E-state index in [1.54, 1.807) is 0 Å². The number of primary amides is 1. The fourth-order valence-corrected chi connectivity index (χ4v) is 3.12. The number of amides is 1. The lowest BCUT2D eigenvalue weighted by atomic mass is 9.92. The predicted octanol–water partition coefficient (Wildman–Crippen LogP) is 2.99. The molecule has 130 valence electrons. The summed E-state index contributed by atoms with van der Waals surface area (Å²) in [6.45, 7) is 1.52. The van der Waals surface area contributed by atoms with Crippen molar-refractivity contribution in [3.63, 3.8) is 0 Å². The van der Waals surface area contributed by atoms with Crippen LogP contribution in [0.3, 0.4) is 0 Å². The fourth-order valence-electron chi connectivity index (χ4n) is 3.12. The van der Waals surface area contributed by atoms with E-state index in [2.05, 4.69) is 43.3 Å². The first-order chi connectivity index (χ1) is 12.0. The van der Waals surface area contributed by atoms with Crippen LogP contribution in [0.1, 0.15) is 28.7 Å². The maximum Gasteiger partial charge on any atom is 0.221 e. The topological polar surface area (TPSA) is 55.6 Å². The van der Waals surface area contributed by atoms with Crippen molar-refractivity contribution in [3.05, 3.63) is 70.8 Å². The van der Waals surface area contributed by atoms with Crippen molar-refractivity contribution < 1.29 is 9.53 Å². The smallest absolute Gasteiger partial charge is 0.221 e. The molecule has 4 heteroatoms. The number of nitrogens with zero attached hydrogens (tertiary/aromatic N) is 1. The quantitative estimate of drug-likeness (QED) is 0.913. The van der Waals surface area contributed by atoms with Crippen LogP contribution in [0.25, 0.3) is 5.57 Å². The van der Waals surface area contributed by atoms with Gasteiger partial charge in [-0.2, -0.15) is 0 Å². The van der Waals surface area contributed by atoms with Crippen LogP contribution in [0, 0.1) is 0 Å². The molecule has 2 aromatic rings. The molecule has 0 aliphatic carbocycles. The van der Waals surface area contributed by atoms with Gasteiger partial charge in [0.05, 0.1) is 6.42 Å². The second kappa shape index (κ2) is 7.53. The average molecular weight is 336 g/mol. The van der Waals surface area contributed by atoms with Gasteiger partial charge in [0.2, 0.25) is 5.91 Å². The molecule has 2 aromatic carbocycles. The van der Waals surface area contributed by atoms with Crippen molar-refractivity contribution in [1.29, 1.82) is 0 Å². The zero-order valence-corrected chi connectivity index (χ0v) is 14.8. The average Bonchev–Trinajstić information content (AvgIpc) is 2.72. The minimum absolute atomic E-state index is 0.236. The molecule has 4 nitrogen and oxygen atoms in total. The highest BCUT2D eigenvalue weighted by atomic mass is 16.5. The van der Waals surface area contributed by atoms with Crippen LogP contribution < -0.4 is 10.5 Å². The SMILES string of the molecule is CN(C)CC/C=C1\c2ccccc2COc2ccc(CC(N)=O)cc21. The maximum absolute atomic E-state index is 11.3. The molecule has 0 fully saturated rings. The van der Waals surface area contributed by atoms with E-state index in [4.69, 9.17) is 10.5 Å². The second-order valence-electron chi connectivity index (χ2n) is 6.63. The first kappa shape index (κ1) is 17.2. The van der Waals surface area contributed by atoms with Gasteiger partial charge in [0.25, 0.3) is 0 Å². The van der Waals surface area contributed by atoms with Gasteiger partial charge >= 0.3 is 0 Å². The maximum atomic E-state index is 11.3. The fraction of sp³-hybridized carbons (Fsp3) is 0.286. The molecule has 0 bridgehead atoms. The lowest BCUT2D eigenvalue weighted by Gasteiger charge is -2.13. The van der Waals surface area contributed by atoms with Gasteiger partial charge in [0, 0.05) is 12.1 Å². The highest BCUT2D eigenvalue weighted by molar-refractivity contribution is 5.86. The van der Waals surface area contributed by atoms with Crippen molar-refractivity contribution >= 4 is 11.5 Å². The minimum Gasteiger partial charge on any atom is -0.488 e. The van der Waals surface area contributed by atoms with Crippen molar-refractivity contribution in [2.24, 2.45) is 5.73 Å². The third-order valence-electron chi connectivity index (χ3n) is 4.33. The summed E-state index contributed by atoms with van der Waals surface area (Å²) in [7, 11) is 4.14. The Morgan fingerprint density at radius 2 is 2.00 bits per heavy atom. The van der Waals surface area contributed by atoms with Gasteiger partial charge in [-0.25, -0.2) is 0 Å². The lowest BCUT2D eigenvalue weighted by molar-refractivity contribution is -0.117.